The lowest BCUT2D eigenvalue weighted by atomic mass is 9.98. The van der Waals surface area contributed by atoms with E-state index in [0.717, 1.165) is 40.2 Å². The summed E-state index contributed by atoms with van der Waals surface area (Å²) < 4.78 is 0. The van der Waals surface area contributed by atoms with Gasteiger partial charge in [0.1, 0.15) is 6.04 Å². The van der Waals surface area contributed by atoms with Crippen LogP contribution in [-0.4, -0.2) is 51.4 Å². The van der Waals surface area contributed by atoms with Gasteiger partial charge in [0, 0.05) is 25.1 Å². The van der Waals surface area contributed by atoms with Crippen molar-refractivity contribution >= 4 is 23.0 Å². The van der Waals surface area contributed by atoms with Gasteiger partial charge in [-0.25, -0.2) is 4.98 Å². The van der Waals surface area contributed by atoms with Gasteiger partial charge in [-0.15, -0.1) is 11.3 Å². The number of aliphatic hydroxyl groups is 1. The number of ketones is 1. The van der Waals surface area contributed by atoms with E-state index >= 15 is 0 Å². The van der Waals surface area contributed by atoms with E-state index in [0.29, 0.717) is 25.2 Å². The van der Waals surface area contributed by atoms with Gasteiger partial charge in [0.05, 0.1) is 28.2 Å². The third-order valence-electron chi connectivity index (χ3n) is 6.87. The Morgan fingerprint density at radius 2 is 1.89 bits per heavy atom. The number of carbonyl (C=O) groups is 2. The third kappa shape index (κ3) is 7.26. The molecule has 2 heterocycles. The zero-order valence-corrected chi connectivity index (χ0v) is 23.1. The molecule has 0 radical (unpaired) electrons. The van der Waals surface area contributed by atoms with Crippen LogP contribution in [0.2, 0.25) is 0 Å². The van der Waals surface area contributed by atoms with Gasteiger partial charge in [-0.1, -0.05) is 58.5 Å². The Morgan fingerprint density at radius 3 is 2.47 bits per heavy atom. The van der Waals surface area contributed by atoms with Crippen molar-refractivity contribution in [3.05, 3.63) is 53.3 Å². The summed E-state index contributed by atoms with van der Waals surface area (Å²) >= 11 is 1.62. The number of nitrogens with one attached hydrogen (secondary N) is 1. The second-order valence-corrected chi connectivity index (χ2v) is 11.6. The SMILES string of the molecule is C=C(CCC(C)C)N[C@H](C(=O)N1C[C@H](O)C[C@H]1C(=O)CCc1ccc(-c2scnc2C)cc1)C(C)C. The van der Waals surface area contributed by atoms with Gasteiger partial charge in [0.15, 0.2) is 5.78 Å². The van der Waals surface area contributed by atoms with Gasteiger partial charge in [-0.3, -0.25) is 9.59 Å². The van der Waals surface area contributed by atoms with Crippen molar-refractivity contribution in [3.63, 3.8) is 0 Å². The van der Waals surface area contributed by atoms with Crippen molar-refractivity contribution in [2.75, 3.05) is 6.54 Å². The normalized spacial score (nSPS) is 18.6. The van der Waals surface area contributed by atoms with Gasteiger partial charge in [0.2, 0.25) is 5.91 Å². The molecule has 6 nitrogen and oxygen atoms in total. The summed E-state index contributed by atoms with van der Waals surface area (Å²) in [5, 5.41) is 13.7. The number of Topliss-reactive ketones (excluding diaryl/α,β-unsaturated/α-hetero) is 1. The maximum Gasteiger partial charge on any atom is 0.246 e. The average Bonchev–Trinajstić information content (AvgIpc) is 3.44. The van der Waals surface area contributed by atoms with Crippen LogP contribution < -0.4 is 5.32 Å². The largest absolute Gasteiger partial charge is 0.391 e. The summed E-state index contributed by atoms with van der Waals surface area (Å²) in [6.07, 6.45) is 2.36. The minimum absolute atomic E-state index is 0.00317. The van der Waals surface area contributed by atoms with Gasteiger partial charge >= 0.3 is 0 Å². The molecule has 3 rings (SSSR count). The van der Waals surface area contributed by atoms with E-state index in [1.54, 1.807) is 16.2 Å². The van der Waals surface area contributed by atoms with E-state index in [2.05, 4.69) is 55.0 Å². The van der Waals surface area contributed by atoms with Crippen LogP contribution in [0.25, 0.3) is 10.4 Å². The van der Waals surface area contributed by atoms with Crippen molar-refractivity contribution < 1.29 is 14.7 Å². The molecule has 7 heteroatoms. The summed E-state index contributed by atoms with van der Waals surface area (Å²) in [5.41, 5.74) is 5.92. The van der Waals surface area contributed by atoms with Crippen LogP contribution in [0.5, 0.6) is 0 Å². The molecule has 0 spiro atoms. The van der Waals surface area contributed by atoms with Crippen molar-refractivity contribution in [1.82, 2.24) is 15.2 Å². The monoisotopic (exact) mass is 511 g/mol. The molecule has 1 aliphatic rings. The highest BCUT2D eigenvalue weighted by molar-refractivity contribution is 7.13. The Kier molecular flexibility index (Phi) is 9.85. The molecule has 1 aromatic heterocycles. The molecule has 2 N–H and O–H groups in total. The van der Waals surface area contributed by atoms with Crippen molar-refractivity contribution in [2.45, 2.75) is 84.9 Å². The lowest BCUT2D eigenvalue weighted by Gasteiger charge is -2.31. The number of hydrogen-bond acceptors (Lipinski definition) is 6. The summed E-state index contributed by atoms with van der Waals surface area (Å²) in [5.74, 6) is 0.460. The van der Waals surface area contributed by atoms with E-state index < -0.39 is 18.2 Å². The standard InChI is InChI=1S/C29H41N3O3S/c1-18(2)7-8-20(5)31-27(19(3)4)29(35)32-16-24(33)15-25(32)26(34)14-11-22-9-12-23(13-10-22)28-21(6)30-17-36-28/h9-10,12-13,17-19,24-25,27,31,33H,5,7-8,11,14-16H2,1-4,6H3/t24-,25+,27+/m1/s1. The second-order valence-electron chi connectivity index (χ2n) is 10.7. The van der Waals surface area contributed by atoms with Crippen molar-refractivity contribution in [2.24, 2.45) is 11.8 Å². The molecule has 0 unspecified atom stereocenters. The first-order valence-corrected chi connectivity index (χ1v) is 13.9. The minimum Gasteiger partial charge on any atom is -0.391 e. The Balaban J connectivity index is 1.62. The van der Waals surface area contributed by atoms with Crippen LogP contribution in [0.1, 0.15) is 64.6 Å². The first kappa shape index (κ1) is 28.1. The zero-order valence-electron chi connectivity index (χ0n) is 22.3. The first-order chi connectivity index (χ1) is 17.1. The summed E-state index contributed by atoms with van der Waals surface area (Å²) in [6, 6.07) is 7.19. The average molecular weight is 512 g/mol. The molecule has 0 saturated carbocycles. The fourth-order valence-corrected chi connectivity index (χ4v) is 5.46. The highest BCUT2D eigenvalue weighted by atomic mass is 32.1. The quantitative estimate of drug-likeness (QED) is 0.412. The van der Waals surface area contributed by atoms with E-state index in [4.69, 9.17) is 0 Å². The molecule has 1 aliphatic heterocycles. The van der Waals surface area contributed by atoms with Gasteiger partial charge in [-0.05, 0) is 49.1 Å². The number of benzene rings is 1. The fraction of sp³-hybridized carbons (Fsp3) is 0.552. The number of hydrogen-bond donors (Lipinski definition) is 2. The molecule has 1 fully saturated rings. The Morgan fingerprint density at radius 1 is 1.19 bits per heavy atom. The number of aryl methyl sites for hydroxylation is 2. The number of rotatable bonds is 12. The first-order valence-electron chi connectivity index (χ1n) is 13.0. The van der Waals surface area contributed by atoms with Gasteiger partial charge < -0.3 is 15.3 Å². The molecule has 3 atom stereocenters. The number of thiazole rings is 1. The fourth-order valence-electron chi connectivity index (χ4n) is 4.65. The third-order valence-corrected chi connectivity index (χ3v) is 7.85. The summed E-state index contributed by atoms with van der Waals surface area (Å²) in [4.78, 5) is 33.8. The topological polar surface area (TPSA) is 82.5 Å². The van der Waals surface area contributed by atoms with Crippen molar-refractivity contribution in [3.8, 4) is 10.4 Å². The molecule has 0 aliphatic carbocycles. The number of allylic oxidation sites excluding steroid dienone is 1. The van der Waals surface area contributed by atoms with E-state index in [1.807, 2.05) is 26.3 Å². The number of amides is 1. The van der Waals surface area contributed by atoms with Crippen molar-refractivity contribution in [1.29, 1.82) is 0 Å². The molecule has 0 bridgehead atoms. The number of nitrogens with zero attached hydrogens (tertiary/aromatic N) is 2. The number of β-amino-alcohol motifs (C(OH)–C–C–N with tert-alkyl or cyclic N) is 1. The molecule has 1 saturated heterocycles. The molecule has 2 aromatic rings. The Labute approximate surface area is 219 Å². The molecule has 1 amide bonds. The maximum atomic E-state index is 13.5. The van der Waals surface area contributed by atoms with Crippen LogP contribution >= 0.6 is 11.3 Å². The van der Waals surface area contributed by atoms with Crippen LogP contribution in [0.4, 0.5) is 0 Å². The van der Waals surface area contributed by atoms with Crippen LogP contribution in [0.3, 0.4) is 0 Å². The number of carbonyl (C=O) groups excluding carboxylic acids is 2. The predicted octanol–water partition coefficient (Wildman–Crippen LogP) is 5.15. The lowest BCUT2D eigenvalue weighted by molar-refractivity contribution is -0.140. The van der Waals surface area contributed by atoms with Crippen LogP contribution in [-0.2, 0) is 16.0 Å². The highest BCUT2D eigenvalue weighted by Crippen LogP contribution is 2.28. The second kappa shape index (κ2) is 12.6. The minimum atomic E-state index is -0.679. The summed E-state index contributed by atoms with van der Waals surface area (Å²) in [7, 11) is 0. The van der Waals surface area contributed by atoms with E-state index in [-0.39, 0.29) is 24.2 Å². The summed E-state index contributed by atoms with van der Waals surface area (Å²) in [6.45, 7) is 14.6. The van der Waals surface area contributed by atoms with E-state index in [9.17, 15) is 14.7 Å². The Hall–Kier alpha value is -2.51. The van der Waals surface area contributed by atoms with E-state index in [1.165, 1.54) is 0 Å². The van der Waals surface area contributed by atoms with Crippen LogP contribution in [0, 0.1) is 18.8 Å². The maximum absolute atomic E-state index is 13.5. The van der Waals surface area contributed by atoms with Crippen LogP contribution in [0.15, 0.2) is 42.1 Å². The molecule has 196 valence electrons. The molecule has 1 aromatic carbocycles. The Bertz CT molecular complexity index is 1040. The molecular weight excluding hydrogens is 470 g/mol. The van der Waals surface area contributed by atoms with Gasteiger partial charge in [0.25, 0.3) is 0 Å². The highest BCUT2D eigenvalue weighted by Gasteiger charge is 2.41. The number of aromatic nitrogens is 1. The number of likely N-dealkylation sites (tertiary alicyclic amines) is 1. The molecular formula is C29H41N3O3S. The predicted molar refractivity (Wildman–Crippen MR) is 147 cm³/mol. The molecule has 36 heavy (non-hydrogen) atoms. The number of aliphatic hydroxyl groups excluding tert-OH is 1. The smallest absolute Gasteiger partial charge is 0.246 e. The zero-order chi connectivity index (χ0) is 26.4. The van der Waals surface area contributed by atoms with Gasteiger partial charge in [-0.2, -0.15) is 0 Å². The lowest BCUT2D eigenvalue weighted by Crippen LogP contribution is -2.52.